The molecule has 0 fully saturated rings. The van der Waals surface area contributed by atoms with Gasteiger partial charge in [-0.3, -0.25) is 4.90 Å². The lowest BCUT2D eigenvalue weighted by molar-refractivity contribution is 0.00145. The molecule has 0 aliphatic carbocycles. The molecule has 142 valence electrons. The van der Waals surface area contributed by atoms with Crippen LogP contribution in [0.4, 0.5) is 0 Å². The van der Waals surface area contributed by atoms with Crippen molar-refractivity contribution in [2.75, 3.05) is 20.3 Å². The summed E-state index contributed by atoms with van der Waals surface area (Å²) in [5.74, 6) is 0.859. The van der Waals surface area contributed by atoms with Crippen LogP contribution in [0.5, 0.6) is 5.75 Å². The van der Waals surface area contributed by atoms with Gasteiger partial charge in [0.25, 0.3) is 0 Å². The number of aliphatic hydroxyl groups is 1. The first-order chi connectivity index (χ1) is 12.6. The molecule has 2 atom stereocenters. The smallest absolute Gasteiger partial charge is 0.118 e. The molecule has 0 bridgehead atoms. The third kappa shape index (κ3) is 6.79. The minimum atomic E-state index is -0.508. The van der Waals surface area contributed by atoms with E-state index in [9.17, 15) is 5.11 Å². The molecule has 0 aliphatic rings. The molecule has 0 saturated heterocycles. The fourth-order valence-electron chi connectivity index (χ4n) is 2.83. The van der Waals surface area contributed by atoms with Crippen molar-refractivity contribution in [1.29, 1.82) is 0 Å². The molecule has 0 aliphatic heterocycles. The molecule has 0 amide bonds. The number of aliphatic hydroxyl groups excluding tert-OH is 1. The second-order valence-corrected chi connectivity index (χ2v) is 6.69. The van der Waals surface area contributed by atoms with Crippen LogP contribution >= 0.6 is 0 Å². The maximum Gasteiger partial charge on any atom is 0.118 e. The number of methoxy groups -OCH3 is 1. The maximum atomic E-state index is 10.4. The highest BCUT2D eigenvalue weighted by atomic mass is 16.5. The molecule has 4 nitrogen and oxygen atoms in total. The SMILES string of the molecule is CCC(C)N(Cc1ccc(OC)cc1)CC(O)COCc1ccccc1. The minimum absolute atomic E-state index is 0.338. The average Bonchev–Trinajstić information content (AvgIpc) is 2.68. The molecule has 2 aromatic carbocycles. The Hall–Kier alpha value is -1.88. The third-order valence-corrected chi connectivity index (χ3v) is 4.63. The standard InChI is InChI=1S/C22H31NO3/c1-4-18(2)23(14-19-10-12-22(25-3)13-11-19)15-21(24)17-26-16-20-8-6-5-7-9-20/h5-13,18,21,24H,4,14-17H2,1-3H3. The van der Waals surface area contributed by atoms with E-state index in [4.69, 9.17) is 9.47 Å². The van der Waals surface area contributed by atoms with E-state index in [0.29, 0.717) is 25.8 Å². The first kappa shape index (κ1) is 20.4. The van der Waals surface area contributed by atoms with Crippen LogP contribution in [0.25, 0.3) is 0 Å². The second-order valence-electron chi connectivity index (χ2n) is 6.69. The van der Waals surface area contributed by atoms with E-state index in [1.54, 1.807) is 7.11 Å². The van der Waals surface area contributed by atoms with Gasteiger partial charge in [-0.05, 0) is 36.6 Å². The molecular weight excluding hydrogens is 326 g/mol. The van der Waals surface area contributed by atoms with E-state index in [-0.39, 0.29) is 0 Å². The van der Waals surface area contributed by atoms with Crippen LogP contribution in [-0.2, 0) is 17.9 Å². The van der Waals surface area contributed by atoms with Crippen molar-refractivity contribution >= 4 is 0 Å². The summed E-state index contributed by atoms with van der Waals surface area (Å²) < 4.78 is 10.9. The van der Waals surface area contributed by atoms with Gasteiger partial charge in [0.05, 0.1) is 26.4 Å². The van der Waals surface area contributed by atoms with Crippen molar-refractivity contribution in [3.63, 3.8) is 0 Å². The fraction of sp³-hybridized carbons (Fsp3) is 0.455. The molecule has 4 heteroatoms. The van der Waals surface area contributed by atoms with Crippen LogP contribution < -0.4 is 4.74 Å². The molecule has 0 spiro atoms. The predicted molar refractivity (Wildman–Crippen MR) is 105 cm³/mol. The average molecular weight is 357 g/mol. The highest BCUT2D eigenvalue weighted by Crippen LogP contribution is 2.16. The van der Waals surface area contributed by atoms with Crippen LogP contribution in [0.2, 0.25) is 0 Å². The Balaban J connectivity index is 1.85. The van der Waals surface area contributed by atoms with Gasteiger partial charge in [0.15, 0.2) is 0 Å². The van der Waals surface area contributed by atoms with Crippen molar-refractivity contribution < 1.29 is 14.6 Å². The van der Waals surface area contributed by atoms with Crippen molar-refractivity contribution in [2.45, 2.75) is 45.6 Å². The highest BCUT2D eigenvalue weighted by Gasteiger charge is 2.17. The number of benzene rings is 2. The van der Waals surface area contributed by atoms with E-state index >= 15 is 0 Å². The summed E-state index contributed by atoms with van der Waals surface area (Å²) in [4.78, 5) is 2.30. The van der Waals surface area contributed by atoms with Gasteiger partial charge in [-0.2, -0.15) is 0 Å². The van der Waals surface area contributed by atoms with Crippen LogP contribution in [0, 0.1) is 0 Å². The first-order valence-corrected chi connectivity index (χ1v) is 9.29. The Morgan fingerprint density at radius 2 is 1.69 bits per heavy atom. The van der Waals surface area contributed by atoms with Gasteiger partial charge in [-0.25, -0.2) is 0 Å². The highest BCUT2D eigenvalue weighted by molar-refractivity contribution is 5.27. The van der Waals surface area contributed by atoms with Gasteiger partial charge < -0.3 is 14.6 Å². The minimum Gasteiger partial charge on any atom is -0.497 e. The topological polar surface area (TPSA) is 41.9 Å². The number of nitrogens with zero attached hydrogens (tertiary/aromatic N) is 1. The van der Waals surface area contributed by atoms with Crippen LogP contribution in [0.15, 0.2) is 54.6 Å². The second kappa shape index (κ2) is 11.0. The Morgan fingerprint density at radius 3 is 2.31 bits per heavy atom. The Bertz CT molecular complexity index is 615. The zero-order valence-electron chi connectivity index (χ0n) is 16.1. The Morgan fingerprint density at radius 1 is 1.00 bits per heavy atom. The molecule has 26 heavy (non-hydrogen) atoms. The predicted octanol–water partition coefficient (Wildman–Crippen LogP) is 3.87. The lowest BCUT2D eigenvalue weighted by Crippen LogP contribution is -2.39. The van der Waals surface area contributed by atoms with Crippen molar-refractivity contribution in [3.05, 3.63) is 65.7 Å². The Kier molecular flexibility index (Phi) is 8.62. The van der Waals surface area contributed by atoms with Crippen molar-refractivity contribution in [1.82, 2.24) is 4.90 Å². The van der Waals surface area contributed by atoms with E-state index in [1.165, 1.54) is 5.56 Å². The number of hydrogen-bond donors (Lipinski definition) is 1. The molecule has 0 heterocycles. The molecule has 0 aromatic heterocycles. The fourth-order valence-corrected chi connectivity index (χ4v) is 2.83. The van der Waals surface area contributed by atoms with Gasteiger partial charge in [-0.1, -0.05) is 49.4 Å². The van der Waals surface area contributed by atoms with E-state index in [2.05, 4.69) is 30.9 Å². The van der Waals surface area contributed by atoms with Crippen molar-refractivity contribution in [3.8, 4) is 5.75 Å². The van der Waals surface area contributed by atoms with Crippen LogP contribution in [-0.4, -0.2) is 42.4 Å². The molecule has 0 saturated carbocycles. The molecule has 2 rings (SSSR count). The summed E-state index contributed by atoms with van der Waals surface area (Å²) >= 11 is 0. The number of hydrogen-bond acceptors (Lipinski definition) is 4. The van der Waals surface area contributed by atoms with E-state index in [1.807, 2.05) is 42.5 Å². The summed E-state index contributed by atoms with van der Waals surface area (Å²) in [7, 11) is 1.67. The largest absolute Gasteiger partial charge is 0.497 e. The summed E-state index contributed by atoms with van der Waals surface area (Å²) in [5.41, 5.74) is 2.33. The maximum absolute atomic E-state index is 10.4. The summed E-state index contributed by atoms with van der Waals surface area (Å²) in [6.07, 6.45) is 0.527. The van der Waals surface area contributed by atoms with Crippen LogP contribution in [0.3, 0.4) is 0 Å². The lowest BCUT2D eigenvalue weighted by Gasteiger charge is -2.30. The summed E-state index contributed by atoms with van der Waals surface area (Å²) in [6.45, 7) is 6.62. The zero-order chi connectivity index (χ0) is 18.8. The van der Waals surface area contributed by atoms with Crippen molar-refractivity contribution in [2.24, 2.45) is 0 Å². The third-order valence-electron chi connectivity index (χ3n) is 4.63. The Labute approximate surface area is 157 Å². The number of rotatable bonds is 11. The van der Waals surface area contributed by atoms with Gasteiger partial charge in [0, 0.05) is 19.1 Å². The van der Waals surface area contributed by atoms with Gasteiger partial charge in [-0.15, -0.1) is 0 Å². The zero-order valence-corrected chi connectivity index (χ0v) is 16.1. The number of ether oxygens (including phenoxy) is 2. The quantitative estimate of drug-likeness (QED) is 0.663. The lowest BCUT2D eigenvalue weighted by atomic mass is 10.1. The molecule has 2 aromatic rings. The molecule has 2 unspecified atom stereocenters. The summed E-state index contributed by atoms with van der Waals surface area (Å²) in [6, 6.07) is 18.5. The molecule has 1 N–H and O–H groups in total. The van der Waals surface area contributed by atoms with Gasteiger partial charge in [0.2, 0.25) is 0 Å². The van der Waals surface area contributed by atoms with E-state index < -0.39 is 6.10 Å². The molecular formula is C22H31NO3. The normalized spacial score (nSPS) is 13.6. The van der Waals surface area contributed by atoms with E-state index in [0.717, 1.165) is 24.3 Å². The monoisotopic (exact) mass is 357 g/mol. The molecule has 0 radical (unpaired) electrons. The van der Waals surface area contributed by atoms with Gasteiger partial charge in [0.1, 0.15) is 5.75 Å². The first-order valence-electron chi connectivity index (χ1n) is 9.29. The van der Waals surface area contributed by atoms with Gasteiger partial charge >= 0.3 is 0 Å². The summed E-state index contributed by atoms with van der Waals surface area (Å²) in [5, 5.41) is 10.4. The van der Waals surface area contributed by atoms with Crippen LogP contribution in [0.1, 0.15) is 31.4 Å².